The molecule has 8 heteroatoms. The smallest absolute Gasteiger partial charge is 0.235 e. The first-order valence-electron chi connectivity index (χ1n) is 9.84. The van der Waals surface area contributed by atoms with E-state index < -0.39 is 0 Å². The van der Waals surface area contributed by atoms with Crippen molar-refractivity contribution in [2.45, 2.75) is 23.4 Å². The highest BCUT2D eigenvalue weighted by molar-refractivity contribution is 8.00. The Balaban J connectivity index is 1.34. The summed E-state index contributed by atoms with van der Waals surface area (Å²) >= 11 is 1.54. The molecule has 2 unspecified atom stereocenters. The third-order valence-electron chi connectivity index (χ3n) is 5.45. The van der Waals surface area contributed by atoms with Gasteiger partial charge in [0.25, 0.3) is 0 Å². The molecule has 2 aliphatic rings. The standard InChI is InChI=1S/C21H25N5O2S/c27-19-14-18(21(24-23-19)16-4-2-1-3-5-16)25-10-12-26(13-11-25)20(28)15-29-17-6-8-22-9-7-17/h1-9,18,21,24H,10-15H2,(H,23,27). The monoisotopic (exact) mass is 411 g/mol. The number of amides is 2. The summed E-state index contributed by atoms with van der Waals surface area (Å²) in [6.45, 7) is 2.92. The molecule has 7 nitrogen and oxygen atoms in total. The van der Waals surface area contributed by atoms with E-state index in [1.807, 2.05) is 35.2 Å². The molecule has 152 valence electrons. The third kappa shape index (κ3) is 4.95. The topological polar surface area (TPSA) is 77.6 Å². The fourth-order valence-corrected chi connectivity index (χ4v) is 4.68. The first-order chi connectivity index (χ1) is 14.2. The van der Waals surface area contributed by atoms with Gasteiger partial charge in [0.1, 0.15) is 0 Å². The van der Waals surface area contributed by atoms with Crippen molar-refractivity contribution in [3.63, 3.8) is 0 Å². The van der Waals surface area contributed by atoms with Crippen LogP contribution in [0.4, 0.5) is 0 Å². The molecular formula is C21H25N5O2S. The highest BCUT2D eigenvalue weighted by atomic mass is 32.2. The molecule has 1 aromatic carbocycles. The highest BCUT2D eigenvalue weighted by Crippen LogP contribution is 2.27. The molecule has 0 aliphatic carbocycles. The number of rotatable bonds is 5. The zero-order valence-corrected chi connectivity index (χ0v) is 17.0. The first kappa shape index (κ1) is 19.9. The number of nitrogens with one attached hydrogen (secondary N) is 2. The van der Waals surface area contributed by atoms with Crippen LogP contribution >= 0.6 is 11.8 Å². The molecule has 2 amide bonds. The lowest BCUT2D eigenvalue weighted by atomic mass is 9.93. The molecule has 1 aromatic heterocycles. The fourth-order valence-electron chi connectivity index (χ4n) is 3.89. The number of aromatic nitrogens is 1. The lowest BCUT2D eigenvalue weighted by Crippen LogP contribution is -2.60. The van der Waals surface area contributed by atoms with E-state index in [0.29, 0.717) is 25.3 Å². The molecular weight excluding hydrogens is 386 g/mol. The Hall–Kier alpha value is -2.42. The van der Waals surface area contributed by atoms with Crippen LogP contribution in [0.1, 0.15) is 18.0 Å². The summed E-state index contributed by atoms with van der Waals surface area (Å²) in [4.78, 5) is 33.9. The number of hydrogen-bond donors (Lipinski definition) is 2. The maximum Gasteiger partial charge on any atom is 0.235 e. The van der Waals surface area contributed by atoms with E-state index in [0.717, 1.165) is 23.5 Å². The van der Waals surface area contributed by atoms with Gasteiger partial charge in [0, 0.05) is 55.9 Å². The molecule has 3 heterocycles. The van der Waals surface area contributed by atoms with Crippen LogP contribution in [0.25, 0.3) is 0 Å². The Morgan fingerprint density at radius 1 is 1.07 bits per heavy atom. The minimum Gasteiger partial charge on any atom is -0.339 e. The molecule has 0 radical (unpaired) electrons. The Bertz CT molecular complexity index is 827. The lowest BCUT2D eigenvalue weighted by Gasteiger charge is -2.44. The molecule has 0 saturated carbocycles. The number of hydrogen-bond acceptors (Lipinski definition) is 6. The lowest BCUT2D eigenvalue weighted by molar-refractivity contribution is -0.132. The van der Waals surface area contributed by atoms with Gasteiger partial charge in [-0.2, -0.15) is 0 Å². The largest absolute Gasteiger partial charge is 0.339 e. The van der Waals surface area contributed by atoms with Gasteiger partial charge in [-0.05, 0) is 17.7 Å². The van der Waals surface area contributed by atoms with Crippen LogP contribution < -0.4 is 10.9 Å². The van der Waals surface area contributed by atoms with E-state index in [9.17, 15) is 9.59 Å². The van der Waals surface area contributed by atoms with Crippen molar-refractivity contribution >= 4 is 23.6 Å². The second kappa shape index (κ2) is 9.39. The summed E-state index contributed by atoms with van der Waals surface area (Å²) in [6.07, 6.45) is 3.94. The number of thioether (sulfide) groups is 1. The molecule has 4 rings (SSSR count). The average Bonchev–Trinajstić information content (AvgIpc) is 2.79. The van der Waals surface area contributed by atoms with Gasteiger partial charge in [-0.25, -0.2) is 5.43 Å². The van der Waals surface area contributed by atoms with Crippen LogP contribution in [0.2, 0.25) is 0 Å². The van der Waals surface area contributed by atoms with Gasteiger partial charge in [0.05, 0.1) is 11.8 Å². The second-order valence-electron chi connectivity index (χ2n) is 7.24. The minimum absolute atomic E-state index is 0.00874. The number of nitrogens with zero attached hydrogens (tertiary/aromatic N) is 3. The van der Waals surface area contributed by atoms with Gasteiger partial charge in [0.2, 0.25) is 11.8 Å². The zero-order chi connectivity index (χ0) is 20.1. The van der Waals surface area contributed by atoms with Crippen molar-refractivity contribution in [1.29, 1.82) is 0 Å². The Labute approximate surface area is 174 Å². The van der Waals surface area contributed by atoms with E-state index in [4.69, 9.17) is 0 Å². The van der Waals surface area contributed by atoms with Gasteiger partial charge < -0.3 is 4.90 Å². The maximum atomic E-state index is 12.6. The maximum absolute atomic E-state index is 12.6. The Morgan fingerprint density at radius 3 is 2.52 bits per heavy atom. The van der Waals surface area contributed by atoms with Crippen molar-refractivity contribution in [3.8, 4) is 0 Å². The highest BCUT2D eigenvalue weighted by Gasteiger charge is 2.36. The normalized spacial score (nSPS) is 22.9. The molecule has 2 fully saturated rings. The van der Waals surface area contributed by atoms with Crippen molar-refractivity contribution in [1.82, 2.24) is 25.6 Å². The summed E-state index contributed by atoms with van der Waals surface area (Å²) in [5.74, 6) is 0.601. The quantitative estimate of drug-likeness (QED) is 0.726. The van der Waals surface area contributed by atoms with Crippen molar-refractivity contribution in [2.24, 2.45) is 0 Å². The number of carbonyl (C=O) groups is 2. The van der Waals surface area contributed by atoms with Gasteiger partial charge in [0.15, 0.2) is 0 Å². The number of benzene rings is 1. The van der Waals surface area contributed by atoms with Crippen LogP contribution in [-0.4, -0.2) is 64.6 Å². The Morgan fingerprint density at radius 2 is 1.79 bits per heavy atom. The van der Waals surface area contributed by atoms with E-state index in [1.54, 1.807) is 24.2 Å². The molecule has 2 saturated heterocycles. The number of pyridine rings is 1. The molecule has 2 aromatic rings. The SMILES string of the molecule is O=C1CC(N2CCN(C(=O)CSc3ccncc3)CC2)C(c2ccccc2)NN1. The summed E-state index contributed by atoms with van der Waals surface area (Å²) in [6, 6.07) is 14.1. The van der Waals surface area contributed by atoms with Crippen LogP contribution in [0, 0.1) is 0 Å². The second-order valence-corrected chi connectivity index (χ2v) is 8.29. The molecule has 0 bridgehead atoms. The van der Waals surface area contributed by atoms with Crippen LogP contribution in [0.3, 0.4) is 0 Å². The van der Waals surface area contributed by atoms with Gasteiger partial charge in [-0.15, -0.1) is 11.8 Å². The molecule has 29 heavy (non-hydrogen) atoms. The molecule has 2 aliphatic heterocycles. The summed E-state index contributed by atoms with van der Waals surface area (Å²) < 4.78 is 0. The van der Waals surface area contributed by atoms with Crippen molar-refractivity contribution in [2.75, 3.05) is 31.9 Å². The molecule has 2 N–H and O–H groups in total. The molecule has 0 spiro atoms. The number of carbonyl (C=O) groups excluding carboxylic acids is 2. The Kier molecular flexibility index (Phi) is 6.43. The van der Waals surface area contributed by atoms with Crippen LogP contribution in [0.15, 0.2) is 59.8 Å². The summed E-state index contributed by atoms with van der Waals surface area (Å²) in [7, 11) is 0. The summed E-state index contributed by atoms with van der Waals surface area (Å²) in [5.41, 5.74) is 7.10. The summed E-state index contributed by atoms with van der Waals surface area (Å²) in [5, 5.41) is 0. The van der Waals surface area contributed by atoms with Crippen LogP contribution in [-0.2, 0) is 9.59 Å². The zero-order valence-electron chi connectivity index (χ0n) is 16.2. The fraction of sp³-hybridized carbons (Fsp3) is 0.381. The van der Waals surface area contributed by atoms with Crippen LogP contribution in [0.5, 0.6) is 0 Å². The van der Waals surface area contributed by atoms with Crippen molar-refractivity contribution in [3.05, 3.63) is 60.4 Å². The average molecular weight is 412 g/mol. The number of piperazine rings is 1. The predicted molar refractivity (Wildman–Crippen MR) is 112 cm³/mol. The van der Waals surface area contributed by atoms with Gasteiger partial charge >= 0.3 is 0 Å². The van der Waals surface area contributed by atoms with E-state index >= 15 is 0 Å². The third-order valence-corrected chi connectivity index (χ3v) is 6.45. The van der Waals surface area contributed by atoms with E-state index in [2.05, 4.69) is 32.9 Å². The van der Waals surface area contributed by atoms with Gasteiger partial charge in [-0.1, -0.05) is 30.3 Å². The van der Waals surface area contributed by atoms with Crippen molar-refractivity contribution < 1.29 is 9.59 Å². The first-order valence-corrected chi connectivity index (χ1v) is 10.8. The van der Waals surface area contributed by atoms with E-state index in [1.165, 1.54) is 0 Å². The minimum atomic E-state index is 0.00874. The number of hydrazine groups is 1. The molecule has 2 atom stereocenters. The van der Waals surface area contributed by atoms with E-state index in [-0.39, 0.29) is 23.9 Å². The predicted octanol–water partition coefficient (Wildman–Crippen LogP) is 1.45. The van der Waals surface area contributed by atoms with Gasteiger partial charge in [-0.3, -0.25) is 24.9 Å².